The summed E-state index contributed by atoms with van der Waals surface area (Å²) < 4.78 is 55.9. The standard InChI is InChI=1S/C16H13F3O3.CH5N/c1-20-10-5-6-11(13(9-10)16(17,18)19)12-3-2-4-14-15(12)22-8-7-21-14;1-2/h2-6,9H,7-8H2,1H3;2H2,1H3. The van der Waals surface area contributed by atoms with E-state index in [2.05, 4.69) is 5.73 Å². The van der Waals surface area contributed by atoms with Crippen molar-refractivity contribution in [2.75, 3.05) is 27.4 Å². The summed E-state index contributed by atoms with van der Waals surface area (Å²) >= 11 is 0. The van der Waals surface area contributed by atoms with Gasteiger partial charge >= 0.3 is 6.18 Å². The molecule has 4 nitrogen and oxygen atoms in total. The van der Waals surface area contributed by atoms with E-state index >= 15 is 0 Å². The summed E-state index contributed by atoms with van der Waals surface area (Å²) in [6.45, 7) is 0.687. The van der Waals surface area contributed by atoms with E-state index in [-0.39, 0.29) is 11.3 Å². The monoisotopic (exact) mass is 341 g/mol. The maximum absolute atomic E-state index is 13.4. The van der Waals surface area contributed by atoms with Crippen molar-refractivity contribution in [1.29, 1.82) is 0 Å². The fourth-order valence-corrected chi connectivity index (χ4v) is 2.41. The number of alkyl halides is 3. The molecule has 0 bridgehead atoms. The summed E-state index contributed by atoms with van der Waals surface area (Å²) in [6.07, 6.45) is -4.50. The lowest BCUT2D eigenvalue weighted by atomic mass is 9.97. The second-order valence-electron chi connectivity index (χ2n) is 4.74. The predicted octanol–water partition coefficient (Wildman–Crippen LogP) is 3.73. The third-order valence-electron chi connectivity index (χ3n) is 3.39. The molecule has 2 aromatic rings. The summed E-state index contributed by atoms with van der Waals surface area (Å²) in [5.41, 5.74) is 4.12. The van der Waals surface area contributed by atoms with Crippen molar-refractivity contribution in [2.45, 2.75) is 6.18 Å². The highest BCUT2D eigenvalue weighted by atomic mass is 19.4. The number of halogens is 3. The maximum Gasteiger partial charge on any atom is 0.417 e. The molecule has 0 radical (unpaired) electrons. The number of hydrogen-bond donors (Lipinski definition) is 1. The van der Waals surface area contributed by atoms with Gasteiger partial charge in [0.25, 0.3) is 0 Å². The SMILES string of the molecule is CN.COc1ccc(-c2cccc3c2OCCO3)c(C(F)(F)F)c1. The topological polar surface area (TPSA) is 53.7 Å². The van der Waals surface area contributed by atoms with Gasteiger partial charge in [0.1, 0.15) is 19.0 Å². The highest BCUT2D eigenvalue weighted by Gasteiger charge is 2.35. The second kappa shape index (κ2) is 7.44. The normalized spacial score (nSPS) is 12.9. The highest BCUT2D eigenvalue weighted by Crippen LogP contribution is 2.45. The van der Waals surface area contributed by atoms with Crippen molar-refractivity contribution < 1.29 is 27.4 Å². The first-order valence-electron chi connectivity index (χ1n) is 7.22. The van der Waals surface area contributed by atoms with Gasteiger partial charge in [0.2, 0.25) is 0 Å². The van der Waals surface area contributed by atoms with E-state index in [0.717, 1.165) is 6.07 Å². The van der Waals surface area contributed by atoms with E-state index in [1.54, 1.807) is 18.2 Å². The van der Waals surface area contributed by atoms with Crippen LogP contribution < -0.4 is 19.9 Å². The Bertz CT molecular complexity index is 702. The van der Waals surface area contributed by atoms with Gasteiger partial charge in [0.05, 0.1) is 12.7 Å². The van der Waals surface area contributed by atoms with Crippen LogP contribution in [0.1, 0.15) is 5.56 Å². The minimum Gasteiger partial charge on any atom is -0.497 e. The molecule has 2 aromatic carbocycles. The van der Waals surface area contributed by atoms with Gasteiger partial charge in [-0.05, 0) is 36.9 Å². The van der Waals surface area contributed by atoms with E-state index in [9.17, 15) is 13.2 Å². The van der Waals surface area contributed by atoms with Crippen molar-refractivity contribution in [1.82, 2.24) is 0 Å². The molecule has 0 unspecified atom stereocenters. The number of para-hydroxylation sites is 1. The van der Waals surface area contributed by atoms with E-state index < -0.39 is 11.7 Å². The third-order valence-corrected chi connectivity index (χ3v) is 3.39. The van der Waals surface area contributed by atoms with Crippen LogP contribution >= 0.6 is 0 Å². The van der Waals surface area contributed by atoms with Crippen molar-refractivity contribution in [3.8, 4) is 28.4 Å². The molecule has 1 aliphatic rings. The van der Waals surface area contributed by atoms with Crippen LogP contribution in [0.4, 0.5) is 13.2 Å². The molecule has 3 rings (SSSR count). The van der Waals surface area contributed by atoms with Crippen LogP contribution in [-0.4, -0.2) is 27.4 Å². The van der Waals surface area contributed by atoms with Crippen LogP contribution in [-0.2, 0) is 6.18 Å². The Morgan fingerprint density at radius 1 is 1.00 bits per heavy atom. The van der Waals surface area contributed by atoms with Gasteiger partial charge in [-0.25, -0.2) is 0 Å². The van der Waals surface area contributed by atoms with Gasteiger partial charge in [-0.1, -0.05) is 12.1 Å². The molecule has 0 aliphatic carbocycles. The third kappa shape index (κ3) is 3.56. The fourth-order valence-electron chi connectivity index (χ4n) is 2.41. The minimum atomic E-state index is -4.50. The Kier molecular flexibility index (Phi) is 5.56. The highest BCUT2D eigenvalue weighted by molar-refractivity contribution is 5.77. The zero-order valence-electron chi connectivity index (χ0n) is 13.3. The van der Waals surface area contributed by atoms with Crippen LogP contribution in [0.15, 0.2) is 36.4 Å². The molecule has 1 aliphatic heterocycles. The molecule has 130 valence electrons. The number of benzene rings is 2. The van der Waals surface area contributed by atoms with E-state index in [4.69, 9.17) is 14.2 Å². The van der Waals surface area contributed by atoms with Crippen LogP contribution in [0, 0.1) is 0 Å². The van der Waals surface area contributed by atoms with Gasteiger partial charge in [0.15, 0.2) is 11.5 Å². The Balaban J connectivity index is 0.00000100. The summed E-state index contributed by atoms with van der Waals surface area (Å²) in [6, 6.07) is 8.77. The molecule has 0 spiro atoms. The van der Waals surface area contributed by atoms with Crippen LogP contribution in [0.3, 0.4) is 0 Å². The zero-order valence-corrected chi connectivity index (χ0v) is 13.3. The summed E-state index contributed by atoms with van der Waals surface area (Å²) in [5.74, 6) is 0.940. The van der Waals surface area contributed by atoms with E-state index in [1.807, 2.05) is 0 Å². The molecule has 2 N–H and O–H groups in total. The molecule has 0 saturated heterocycles. The summed E-state index contributed by atoms with van der Waals surface area (Å²) in [5, 5.41) is 0. The maximum atomic E-state index is 13.4. The quantitative estimate of drug-likeness (QED) is 0.904. The Hall–Kier alpha value is -2.41. The van der Waals surface area contributed by atoms with Crippen LogP contribution in [0.2, 0.25) is 0 Å². The summed E-state index contributed by atoms with van der Waals surface area (Å²) in [7, 11) is 2.83. The first-order valence-corrected chi connectivity index (χ1v) is 7.22. The zero-order chi connectivity index (χ0) is 17.7. The lowest BCUT2D eigenvalue weighted by Crippen LogP contribution is -2.16. The number of methoxy groups -OCH3 is 1. The van der Waals surface area contributed by atoms with Crippen molar-refractivity contribution in [2.24, 2.45) is 5.73 Å². The Morgan fingerprint density at radius 3 is 2.38 bits per heavy atom. The van der Waals surface area contributed by atoms with Gasteiger partial charge in [-0.15, -0.1) is 0 Å². The molecule has 1 heterocycles. The number of fused-ring (bicyclic) bond motifs is 1. The average Bonchev–Trinajstić information content (AvgIpc) is 2.61. The largest absolute Gasteiger partial charge is 0.497 e. The smallest absolute Gasteiger partial charge is 0.417 e. The van der Waals surface area contributed by atoms with Crippen molar-refractivity contribution in [3.05, 3.63) is 42.0 Å². The molecule has 24 heavy (non-hydrogen) atoms. The number of hydrogen-bond acceptors (Lipinski definition) is 4. The lowest BCUT2D eigenvalue weighted by molar-refractivity contribution is -0.137. The van der Waals surface area contributed by atoms with Gasteiger partial charge in [-0.3, -0.25) is 0 Å². The minimum absolute atomic E-state index is 0.0376. The molecular formula is C17H18F3NO3. The van der Waals surface area contributed by atoms with Crippen LogP contribution in [0.5, 0.6) is 17.2 Å². The first kappa shape index (κ1) is 17.9. The molecular weight excluding hydrogens is 323 g/mol. The predicted molar refractivity (Wildman–Crippen MR) is 84.5 cm³/mol. The van der Waals surface area contributed by atoms with Crippen molar-refractivity contribution >= 4 is 0 Å². The Morgan fingerprint density at radius 2 is 1.71 bits per heavy atom. The molecule has 0 atom stereocenters. The molecule has 0 fully saturated rings. The van der Waals surface area contributed by atoms with Gasteiger partial charge in [-0.2, -0.15) is 13.2 Å². The first-order chi connectivity index (χ1) is 11.5. The van der Waals surface area contributed by atoms with E-state index in [1.165, 1.54) is 26.3 Å². The fraction of sp³-hybridized carbons (Fsp3) is 0.294. The van der Waals surface area contributed by atoms with Gasteiger partial charge in [0, 0.05) is 5.56 Å². The number of nitrogens with two attached hydrogens (primary N) is 1. The lowest BCUT2D eigenvalue weighted by Gasteiger charge is -2.22. The molecule has 0 amide bonds. The van der Waals surface area contributed by atoms with Gasteiger partial charge < -0.3 is 19.9 Å². The van der Waals surface area contributed by atoms with E-state index in [0.29, 0.717) is 30.3 Å². The molecule has 7 heteroatoms. The second-order valence-corrected chi connectivity index (χ2v) is 4.74. The number of rotatable bonds is 2. The Labute approximate surface area is 137 Å². The van der Waals surface area contributed by atoms with Crippen molar-refractivity contribution in [3.63, 3.8) is 0 Å². The number of ether oxygens (including phenoxy) is 3. The molecule has 0 aromatic heterocycles. The summed E-state index contributed by atoms with van der Waals surface area (Å²) in [4.78, 5) is 0. The molecule has 0 saturated carbocycles. The van der Waals surface area contributed by atoms with Crippen LogP contribution in [0.25, 0.3) is 11.1 Å². The average molecular weight is 341 g/mol.